The molecule has 12 heteroatoms. The van der Waals surface area contributed by atoms with Gasteiger partial charge >= 0.3 is 6.18 Å². The first-order valence-electron chi connectivity index (χ1n) is 14.7. The average Bonchev–Trinajstić information content (AvgIpc) is 3.60. The van der Waals surface area contributed by atoms with Crippen molar-refractivity contribution in [3.8, 4) is 5.75 Å². The molecule has 0 radical (unpaired) electrons. The van der Waals surface area contributed by atoms with E-state index in [2.05, 4.69) is 9.82 Å². The molecule has 5 rings (SSSR count). The summed E-state index contributed by atoms with van der Waals surface area (Å²) in [4.78, 5) is 26.3. The van der Waals surface area contributed by atoms with Crippen LogP contribution < -0.4 is 14.5 Å². The molecule has 0 unspecified atom stereocenters. The first-order valence-corrected chi connectivity index (χ1v) is 16.2. The van der Waals surface area contributed by atoms with Crippen molar-refractivity contribution in [1.29, 1.82) is 0 Å². The summed E-state index contributed by atoms with van der Waals surface area (Å²) < 4.78 is 72.2. The summed E-state index contributed by atoms with van der Waals surface area (Å²) in [6, 6.07) is 19.2. The molecule has 2 amide bonds. The second-order valence-corrected chi connectivity index (χ2v) is 13.5. The first kappa shape index (κ1) is 32.2. The van der Waals surface area contributed by atoms with Crippen LogP contribution in [0.5, 0.6) is 5.75 Å². The third-order valence-electron chi connectivity index (χ3n) is 8.27. The number of carbonyl (C=O) groups excluding carboxylic acids is 2. The van der Waals surface area contributed by atoms with E-state index in [1.165, 1.54) is 43.1 Å². The third-order valence-corrected chi connectivity index (χ3v) is 9.62. The Morgan fingerprint density at radius 1 is 0.933 bits per heavy atom. The molecule has 1 aliphatic heterocycles. The maximum atomic E-state index is 13.5. The van der Waals surface area contributed by atoms with Gasteiger partial charge in [-0.05, 0) is 100 Å². The van der Waals surface area contributed by atoms with Gasteiger partial charge in [-0.25, -0.2) is 13.1 Å². The average molecular weight is 642 g/mol. The molecule has 0 bridgehead atoms. The van der Waals surface area contributed by atoms with Crippen LogP contribution in [0.1, 0.15) is 63.5 Å². The molecule has 2 aliphatic rings. The predicted octanol–water partition coefficient (Wildman–Crippen LogP) is 6.65. The van der Waals surface area contributed by atoms with E-state index in [-0.39, 0.29) is 10.8 Å². The molecule has 1 fully saturated rings. The smallest absolute Gasteiger partial charge is 0.416 e. The van der Waals surface area contributed by atoms with Crippen LogP contribution in [-0.2, 0) is 32.2 Å². The number of hydrazone groups is 1. The summed E-state index contributed by atoms with van der Waals surface area (Å²) in [5.41, 5.74) is -0.897. The quantitative estimate of drug-likeness (QED) is 0.267. The van der Waals surface area contributed by atoms with E-state index in [9.17, 15) is 31.2 Å². The second kappa shape index (κ2) is 12.3. The van der Waals surface area contributed by atoms with Crippen LogP contribution in [0.15, 0.2) is 88.9 Å². The fourth-order valence-electron chi connectivity index (χ4n) is 5.75. The van der Waals surface area contributed by atoms with Crippen LogP contribution >= 0.6 is 0 Å². The van der Waals surface area contributed by atoms with Gasteiger partial charge in [0.15, 0.2) is 5.60 Å². The van der Waals surface area contributed by atoms with Crippen molar-refractivity contribution >= 4 is 33.2 Å². The van der Waals surface area contributed by atoms with Crippen molar-refractivity contribution in [3.63, 3.8) is 0 Å². The topological polar surface area (TPSA) is 105 Å². The van der Waals surface area contributed by atoms with Crippen LogP contribution in [0.3, 0.4) is 0 Å². The van der Waals surface area contributed by atoms with Gasteiger partial charge in [0.1, 0.15) is 5.75 Å². The van der Waals surface area contributed by atoms with E-state index in [1.807, 2.05) is 12.1 Å². The van der Waals surface area contributed by atoms with Crippen molar-refractivity contribution in [3.05, 3.63) is 90.0 Å². The van der Waals surface area contributed by atoms with Gasteiger partial charge < -0.3 is 4.74 Å². The Balaban J connectivity index is 1.20. The predicted molar refractivity (Wildman–Crippen MR) is 163 cm³/mol. The lowest BCUT2D eigenvalue weighted by Gasteiger charge is -2.25. The third kappa shape index (κ3) is 6.90. The summed E-state index contributed by atoms with van der Waals surface area (Å²) in [6.07, 6.45) is 0.579. The summed E-state index contributed by atoms with van der Waals surface area (Å²) in [7, 11) is -4.05. The van der Waals surface area contributed by atoms with Crippen LogP contribution in [0.25, 0.3) is 0 Å². The van der Waals surface area contributed by atoms with Crippen LogP contribution in [0, 0.1) is 5.41 Å². The van der Waals surface area contributed by atoms with Crippen LogP contribution in [-0.4, -0.2) is 31.5 Å². The van der Waals surface area contributed by atoms with E-state index in [0.717, 1.165) is 36.2 Å². The van der Waals surface area contributed by atoms with Crippen LogP contribution in [0.2, 0.25) is 0 Å². The minimum absolute atomic E-state index is 0.0300. The molecular weight excluding hydrogens is 607 g/mol. The molecule has 45 heavy (non-hydrogen) atoms. The molecule has 1 aliphatic carbocycles. The number of hydrogen-bond donors (Lipinski definition) is 1. The highest BCUT2D eigenvalue weighted by Crippen LogP contribution is 2.47. The summed E-state index contributed by atoms with van der Waals surface area (Å²) in [6.45, 7) is 2.96. The molecule has 3 aromatic carbocycles. The fourth-order valence-corrected chi connectivity index (χ4v) is 6.88. The van der Waals surface area contributed by atoms with Crippen molar-refractivity contribution < 1.29 is 35.9 Å². The SMILES string of the molecule is CC(C)(Oc1ccc(CCCC2=NN(c3ccc(C(F)(F)F)cc3)C(=O)C23CCCC3)cc1)C(=O)NS(=O)(=O)c1ccccc1. The van der Waals surface area contributed by atoms with Gasteiger partial charge in [-0.15, -0.1) is 0 Å². The molecule has 238 valence electrons. The zero-order valence-corrected chi connectivity index (χ0v) is 25.7. The summed E-state index contributed by atoms with van der Waals surface area (Å²) >= 11 is 0. The number of sulfonamides is 1. The number of carbonyl (C=O) groups is 2. The summed E-state index contributed by atoms with van der Waals surface area (Å²) in [5, 5.41) is 5.89. The van der Waals surface area contributed by atoms with Gasteiger partial charge in [0.05, 0.1) is 27.3 Å². The Morgan fingerprint density at radius 2 is 1.56 bits per heavy atom. The Bertz CT molecular complexity index is 1680. The standard InChI is InChI=1S/C33H34F3N3O5S/c1-31(2,29(40)38-45(42,43)27-10-4-3-5-11-27)44-26-19-13-23(14-20-26)9-8-12-28-32(21-6-7-22-32)30(41)39(37-28)25-17-15-24(16-18-25)33(34,35)36/h3-5,10-11,13-20H,6-9,12,21-22H2,1-2H3,(H,38,40). The molecule has 8 nitrogen and oxygen atoms in total. The van der Waals surface area contributed by atoms with Gasteiger partial charge in [0, 0.05) is 0 Å². The van der Waals surface area contributed by atoms with E-state index in [1.54, 1.807) is 30.3 Å². The van der Waals surface area contributed by atoms with Gasteiger partial charge in [-0.3, -0.25) is 9.59 Å². The lowest BCUT2D eigenvalue weighted by Crippen LogP contribution is -2.48. The fraction of sp³-hybridized carbons (Fsp3) is 0.364. The Morgan fingerprint density at radius 3 is 2.16 bits per heavy atom. The maximum Gasteiger partial charge on any atom is 0.416 e. The number of nitrogens with zero attached hydrogens (tertiary/aromatic N) is 2. The highest BCUT2D eigenvalue weighted by Gasteiger charge is 2.52. The minimum atomic E-state index is -4.46. The number of halogens is 3. The second-order valence-electron chi connectivity index (χ2n) is 11.9. The lowest BCUT2D eigenvalue weighted by atomic mass is 9.78. The number of aryl methyl sites for hydroxylation is 1. The molecule has 0 aromatic heterocycles. The van der Waals surface area contributed by atoms with E-state index in [0.29, 0.717) is 43.5 Å². The number of nitrogens with one attached hydrogen (secondary N) is 1. The Labute approximate surface area is 260 Å². The molecular formula is C33H34F3N3O5S. The van der Waals surface area contributed by atoms with Gasteiger partial charge in [0.25, 0.3) is 21.8 Å². The highest BCUT2D eigenvalue weighted by atomic mass is 32.2. The molecule has 3 aromatic rings. The normalized spacial score (nSPS) is 16.6. The van der Waals surface area contributed by atoms with Crippen molar-refractivity contribution in [1.82, 2.24) is 4.72 Å². The van der Waals surface area contributed by atoms with Crippen molar-refractivity contribution in [2.45, 2.75) is 75.5 Å². The van der Waals surface area contributed by atoms with Gasteiger partial charge in [0.2, 0.25) is 0 Å². The highest BCUT2D eigenvalue weighted by molar-refractivity contribution is 7.90. The molecule has 1 N–H and O–H groups in total. The molecule has 1 heterocycles. The minimum Gasteiger partial charge on any atom is -0.478 e. The van der Waals surface area contributed by atoms with Gasteiger partial charge in [-0.2, -0.15) is 23.3 Å². The largest absolute Gasteiger partial charge is 0.478 e. The number of benzene rings is 3. The van der Waals surface area contributed by atoms with Crippen molar-refractivity contribution in [2.24, 2.45) is 10.5 Å². The van der Waals surface area contributed by atoms with Gasteiger partial charge in [-0.1, -0.05) is 43.2 Å². The number of hydrogen-bond acceptors (Lipinski definition) is 6. The number of amides is 2. The van der Waals surface area contributed by atoms with Crippen molar-refractivity contribution in [2.75, 3.05) is 5.01 Å². The molecule has 0 atom stereocenters. The Kier molecular flexibility index (Phi) is 8.81. The lowest BCUT2D eigenvalue weighted by molar-refractivity contribution is -0.137. The number of rotatable bonds is 10. The van der Waals surface area contributed by atoms with E-state index in [4.69, 9.17) is 4.74 Å². The molecule has 1 saturated carbocycles. The first-order chi connectivity index (χ1) is 21.2. The molecule has 1 spiro atoms. The number of ether oxygens (including phenoxy) is 1. The monoisotopic (exact) mass is 641 g/mol. The van der Waals surface area contributed by atoms with E-state index < -0.39 is 38.7 Å². The summed E-state index contributed by atoms with van der Waals surface area (Å²) in [5.74, 6) is -0.605. The zero-order valence-electron chi connectivity index (χ0n) is 24.9. The number of anilines is 1. The number of alkyl halides is 3. The van der Waals surface area contributed by atoms with E-state index >= 15 is 0 Å². The molecule has 0 saturated heterocycles. The maximum absolute atomic E-state index is 13.5. The zero-order chi connectivity index (χ0) is 32.5. The Hall–Kier alpha value is -4.19. The van der Waals surface area contributed by atoms with Crippen LogP contribution in [0.4, 0.5) is 18.9 Å².